The molecule has 0 aliphatic rings. The Morgan fingerprint density at radius 3 is 2.79 bits per heavy atom. The molecule has 2 amide bonds. The van der Waals surface area contributed by atoms with Crippen molar-refractivity contribution in [1.82, 2.24) is 5.32 Å². The van der Waals surface area contributed by atoms with E-state index in [0.29, 0.717) is 12.3 Å². The number of anilines is 1. The molecule has 1 rings (SSSR count). The lowest BCUT2D eigenvalue weighted by molar-refractivity contribution is -0.384. The molecular formula is C12H17N3O4. The van der Waals surface area contributed by atoms with E-state index >= 15 is 0 Å². The molecule has 2 N–H and O–H groups in total. The molecule has 0 radical (unpaired) electrons. The number of rotatable bonds is 5. The van der Waals surface area contributed by atoms with E-state index in [4.69, 9.17) is 4.74 Å². The van der Waals surface area contributed by atoms with Crippen molar-refractivity contribution in [3.63, 3.8) is 0 Å². The van der Waals surface area contributed by atoms with E-state index in [9.17, 15) is 14.9 Å². The fourth-order valence-electron chi connectivity index (χ4n) is 1.53. The summed E-state index contributed by atoms with van der Waals surface area (Å²) < 4.78 is 4.90. The molecule has 0 fully saturated rings. The van der Waals surface area contributed by atoms with E-state index < -0.39 is 11.0 Å². The van der Waals surface area contributed by atoms with Crippen LogP contribution in [0.2, 0.25) is 0 Å². The van der Waals surface area contributed by atoms with Crippen LogP contribution in [-0.4, -0.2) is 30.7 Å². The average molecular weight is 267 g/mol. The predicted molar refractivity (Wildman–Crippen MR) is 71.3 cm³/mol. The smallest absolute Gasteiger partial charge is 0.319 e. The number of hydrogen-bond acceptors (Lipinski definition) is 4. The summed E-state index contributed by atoms with van der Waals surface area (Å²) in [6, 6.07) is 3.74. The molecule has 1 atom stereocenters. The third-order valence-electron chi connectivity index (χ3n) is 2.47. The molecule has 0 aromatic heterocycles. The van der Waals surface area contributed by atoms with Crippen LogP contribution in [0.1, 0.15) is 12.5 Å². The third-order valence-corrected chi connectivity index (χ3v) is 2.47. The number of benzene rings is 1. The van der Waals surface area contributed by atoms with Crippen LogP contribution >= 0.6 is 0 Å². The molecule has 1 aromatic carbocycles. The van der Waals surface area contributed by atoms with E-state index in [2.05, 4.69) is 10.6 Å². The van der Waals surface area contributed by atoms with Crippen LogP contribution < -0.4 is 10.6 Å². The molecule has 0 heterocycles. The SMILES string of the molecule is COC[C@H](C)NC(=O)Nc1cc([N+](=O)[O-])ccc1C. The summed E-state index contributed by atoms with van der Waals surface area (Å²) in [5.74, 6) is 0. The summed E-state index contributed by atoms with van der Waals surface area (Å²) in [4.78, 5) is 21.9. The summed E-state index contributed by atoms with van der Waals surface area (Å²) in [5.41, 5.74) is 1.10. The first kappa shape index (κ1) is 14.9. The molecule has 7 nitrogen and oxygen atoms in total. The third kappa shape index (κ3) is 4.55. The van der Waals surface area contributed by atoms with Crippen LogP contribution in [-0.2, 0) is 4.74 Å². The van der Waals surface area contributed by atoms with Crippen LogP contribution in [0.3, 0.4) is 0 Å². The number of aryl methyl sites for hydroxylation is 1. The monoisotopic (exact) mass is 267 g/mol. The van der Waals surface area contributed by atoms with Crippen molar-refractivity contribution in [3.8, 4) is 0 Å². The Bertz CT molecular complexity index is 476. The van der Waals surface area contributed by atoms with Crippen LogP contribution in [0, 0.1) is 17.0 Å². The molecule has 0 saturated heterocycles. The molecule has 0 saturated carbocycles. The number of methoxy groups -OCH3 is 1. The van der Waals surface area contributed by atoms with Crippen molar-refractivity contribution in [2.45, 2.75) is 19.9 Å². The molecule has 0 aliphatic heterocycles. The highest BCUT2D eigenvalue weighted by atomic mass is 16.6. The van der Waals surface area contributed by atoms with Gasteiger partial charge in [-0.15, -0.1) is 0 Å². The van der Waals surface area contributed by atoms with Crippen LogP contribution in [0.15, 0.2) is 18.2 Å². The number of carbonyl (C=O) groups is 1. The molecule has 1 aromatic rings. The fourth-order valence-corrected chi connectivity index (χ4v) is 1.53. The van der Waals surface area contributed by atoms with Crippen LogP contribution in [0.5, 0.6) is 0 Å². The zero-order valence-corrected chi connectivity index (χ0v) is 11.1. The number of amides is 2. The van der Waals surface area contributed by atoms with Gasteiger partial charge in [0.1, 0.15) is 0 Å². The maximum absolute atomic E-state index is 11.7. The van der Waals surface area contributed by atoms with Crippen molar-refractivity contribution in [3.05, 3.63) is 33.9 Å². The first-order valence-electron chi connectivity index (χ1n) is 5.75. The molecule has 7 heteroatoms. The van der Waals surface area contributed by atoms with Gasteiger partial charge in [-0.1, -0.05) is 6.07 Å². The molecule has 0 spiro atoms. The molecule has 19 heavy (non-hydrogen) atoms. The Labute approximate surface area is 111 Å². The normalized spacial score (nSPS) is 11.7. The number of non-ortho nitro benzene ring substituents is 1. The second-order valence-corrected chi connectivity index (χ2v) is 4.21. The fraction of sp³-hybridized carbons (Fsp3) is 0.417. The number of hydrogen-bond donors (Lipinski definition) is 2. The highest BCUT2D eigenvalue weighted by Gasteiger charge is 2.12. The van der Waals surface area contributed by atoms with E-state index in [1.807, 2.05) is 0 Å². The van der Waals surface area contributed by atoms with Crippen molar-refractivity contribution in [2.75, 3.05) is 19.0 Å². The van der Waals surface area contributed by atoms with Gasteiger partial charge in [-0.05, 0) is 19.4 Å². The van der Waals surface area contributed by atoms with E-state index in [1.165, 1.54) is 12.1 Å². The minimum atomic E-state index is -0.504. The minimum absolute atomic E-state index is 0.0640. The largest absolute Gasteiger partial charge is 0.383 e. The van der Waals surface area contributed by atoms with Crippen molar-refractivity contribution >= 4 is 17.4 Å². The maximum atomic E-state index is 11.7. The van der Waals surface area contributed by atoms with E-state index in [0.717, 1.165) is 5.56 Å². The van der Waals surface area contributed by atoms with Gasteiger partial charge in [0.15, 0.2) is 0 Å². The molecule has 0 aliphatic carbocycles. The van der Waals surface area contributed by atoms with Gasteiger partial charge in [0, 0.05) is 19.2 Å². The predicted octanol–water partition coefficient (Wildman–Crippen LogP) is 2.06. The van der Waals surface area contributed by atoms with Gasteiger partial charge in [0.05, 0.1) is 23.3 Å². The number of urea groups is 1. The van der Waals surface area contributed by atoms with Crippen LogP contribution in [0.25, 0.3) is 0 Å². The van der Waals surface area contributed by atoms with Crippen molar-refractivity contribution in [1.29, 1.82) is 0 Å². The summed E-state index contributed by atoms with van der Waals surface area (Å²) in [6.45, 7) is 3.95. The molecular weight excluding hydrogens is 250 g/mol. The number of nitrogens with one attached hydrogen (secondary N) is 2. The Balaban J connectivity index is 2.73. The molecule has 0 bridgehead atoms. The average Bonchev–Trinajstić information content (AvgIpc) is 2.31. The quantitative estimate of drug-likeness (QED) is 0.630. The summed E-state index contributed by atoms with van der Waals surface area (Å²) in [6.07, 6.45) is 0. The van der Waals surface area contributed by atoms with Gasteiger partial charge in [0.25, 0.3) is 5.69 Å². The van der Waals surface area contributed by atoms with Gasteiger partial charge in [0.2, 0.25) is 0 Å². The van der Waals surface area contributed by atoms with E-state index in [-0.39, 0.29) is 11.7 Å². The van der Waals surface area contributed by atoms with Gasteiger partial charge in [-0.25, -0.2) is 4.79 Å². The molecule has 104 valence electrons. The maximum Gasteiger partial charge on any atom is 0.319 e. The van der Waals surface area contributed by atoms with E-state index in [1.54, 1.807) is 27.0 Å². The van der Waals surface area contributed by atoms with Crippen LogP contribution in [0.4, 0.5) is 16.2 Å². The van der Waals surface area contributed by atoms with Crippen molar-refractivity contribution < 1.29 is 14.5 Å². The van der Waals surface area contributed by atoms with Gasteiger partial charge < -0.3 is 15.4 Å². The number of nitro groups is 1. The second kappa shape index (κ2) is 6.69. The Morgan fingerprint density at radius 1 is 1.53 bits per heavy atom. The zero-order chi connectivity index (χ0) is 14.4. The van der Waals surface area contributed by atoms with Gasteiger partial charge in [-0.2, -0.15) is 0 Å². The highest BCUT2D eigenvalue weighted by Crippen LogP contribution is 2.21. The minimum Gasteiger partial charge on any atom is -0.383 e. The number of nitro benzene ring substituents is 1. The number of carbonyl (C=O) groups excluding carboxylic acids is 1. The van der Waals surface area contributed by atoms with Gasteiger partial charge >= 0.3 is 6.03 Å². The second-order valence-electron chi connectivity index (χ2n) is 4.21. The first-order valence-corrected chi connectivity index (χ1v) is 5.75. The topological polar surface area (TPSA) is 93.5 Å². The lowest BCUT2D eigenvalue weighted by Crippen LogP contribution is -2.38. The Morgan fingerprint density at radius 2 is 2.21 bits per heavy atom. The highest BCUT2D eigenvalue weighted by molar-refractivity contribution is 5.90. The summed E-state index contributed by atoms with van der Waals surface area (Å²) >= 11 is 0. The Hall–Kier alpha value is -2.15. The first-order chi connectivity index (χ1) is 8.93. The lowest BCUT2D eigenvalue weighted by atomic mass is 10.2. The van der Waals surface area contributed by atoms with Crippen molar-refractivity contribution in [2.24, 2.45) is 0 Å². The zero-order valence-electron chi connectivity index (χ0n) is 11.1. The number of nitrogens with zero attached hydrogens (tertiary/aromatic N) is 1. The summed E-state index contributed by atoms with van der Waals surface area (Å²) in [7, 11) is 1.54. The van der Waals surface area contributed by atoms with Gasteiger partial charge in [-0.3, -0.25) is 10.1 Å². The Kier molecular flexibility index (Phi) is 5.25. The summed E-state index contributed by atoms with van der Waals surface area (Å²) in [5, 5.41) is 15.9. The standard InChI is InChI=1S/C12H17N3O4/c1-8-4-5-10(15(17)18)6-11(8)14-12(16)13-9(2)7-19-3/h4-6,9H,7H2,1-3H3,(H2,13,14,16)/t9-/m0/s1. The molecule has 0 unspecified atom stereocenters. The lowest BCUT2D eigenvalue weighted by Gasteiger charge is -2.14. The number of ether oxygens (including phenoxy) is 1.